The fraction of sp³-hybridized carbons (Fsp3) is 0.444. The van der Waals surface area contributed by atoms with Crippen LogP contribution in [0.2, 0.25) is 0 Å². The lowest BCUT2D eigenvalue weighted by molar-refractivity contribution is -0.117. The molecule has 0 radical (unpaired) electrons. The molecule has 0 aromatic carbocycles. The van der Waals surface area contributed by atoms with Crippen LogP contribution in [0.5, 0.6) is 0 Å². The standard InChI is InChI=1S/C9H8O/c10-8-4-3-6-5-1-2-7(8)9(5)6/h1-7,9H. The molecule has 1 heteroatoms. The van der Waals surface area contributed by atoms with Crippen LogP contribution in [0.3, 0.4) is 0 Å². The van der Waals surface area contributed by atoms with Gasteiger partial charge in [0.25, 0.3) is 0 Å². The zero-order valence-corrected chi connectivity index (χ0v) is 5.53. The molecule has 0 aromatic heterocycles. The summed E-state index contributed by atoms with van der Waals surface area (Å²) < 4.78 is 0. The molecule has 0 bridgehead atoms. The minimum atomic E-state index is 0.264. The largest absolute Gasteiger partial charge is 0.294 e. The molecule has 0 spiro atoms. The van der Waals surface area contributed by atoms with Crippen molar-refractivity contribution in [2.75, 3.05) is 0 Å². The Morgan fingerprint density at radius 3 is 2.70 bits per heavy atom. The summed E-state index contributed by atoms with van der Waals surface area (Å²) in [5, 5.41) is 0. The third kappa shape index (κ3) is 0.367. The first-order valence-electron chi connectivity index (χ1n) is 3.78. The van der Waals surface area contributed by atoms with E-state index in [-0.39, 0.29) is 5.92 Å². The molecule has 0 N–H and O–H groups in total. The second kappa shape index (κ2) is 1.26. The highest BCUT2D eigenvalue weighted by atomic mass is 16.1. The molecule has 10 heavy (non-hydrogen) atoms. The van der Waals surface area contributed by atoms with Gasteiger partial charge in [0.15, 0.2) is 5.78 Å². The van der Waals surface area contributed by atoms with Crippen molar-refractivity contribution >= 4 is 5.78 Å². The molecule has 1 nitrogen and oxygen atoms in total. The maximum atomic E-state index is 11.2. The third-order valence-electron chi connectivity index (χ3n) is 2.96. The van der Waals surface area contributed by atoms with Crippen molar-refractivity contribution in [3.05, 3.63) is 24.3 Å². The summed E-state index contributed by atoms with van der Waals surface area (Å²) >= 11 is 0. The van der Waals surface area contributed by atoms with E-state index in [0.29, 0.717) is 11.7 Å². The number of hydrogen-bond acceptors (Lipinski definition) is 1. The summed E-state index contributed by atoms with van der Waals surface area (Å²) in [6.45, 7) is 0. The summed E-state index contributed by atoms with van der Waals surface area (Å²) in [4.78, 5) is 11.2. The monoisotopic (exact) mass is 132 g/mol. The first kappa shape index (κ1) is 4.89. The van der Waals surface area contributed by atoms with Gasteiger partial charge in [-0.15, -0.1) is 0 Å². The lowest BCUT2D eigenvalue weighted by Gasteiger charge is -2.09. The van der Waals surface area contributed by atoms with Crippen LogP contribution in [0, 0.1) is 23.7 Å². The Kier molecular flexibility index (Phi) is 0.618. The third-order valence-corrected chi connectivity index (χ3v) is 2.96. The number of allylic oxidation sites excluding steroid dienone is 4. The second-order valence-electron chi connectivity index (χ2n) is 3.40. The first-order chi connectivity index (χ1) is 4.88. The van der Waals surface area contributed by atoms with Gasteiger partial charge in [-0.25, -0.2) is 0 Å². The van der Waals surface area contributed by atoms with Gasteiger partial charge in [-0.1, -0.05) is 18.2 Å². The van der Waals surface area contributed by atoms with E-state index in [9.17, 15) is 4.79 Å². The summed E-state index contributed by atoms with van der Waals surface area (Å²) in [6.07, 6.45) is 8.13. The van der Waals surface area contributed by atoms with Gasteiger partial charge in [0.05, 0.1) is 0 Å². The van der Waals surface area contributed by atoms with Gasteiger partial charge >= 0.3 is 0 Å². The van der Waals surface area contributed by atoms with Crippen LogP contribution in [0.15, 0.2) is 24.3 Å². The van der Waals surface area contributed by atoms with Crippen LogP contribution in [0.1, 0.15) is 0 Å². The second-order valence-corrected chi connectivity index (χ2v) is 3.40. The zero-order chi connectivity index (χ0) is 6.72. The number of hydrogen-bond donors (Lipinski definition) is 0. The van der Waals surface area contributed by atoms with Crippen LogP contribution in [-0.2, 0) is 4.79 Å². The average molecular weight is 132 g/mol. The van der Waals surface area contributed by atoms with E-state index in [1.165, 1.54) is 0 Å². The van der Waals surface area contributed by atoms with Crippen LogP contribution in [0.4, 0.5) is 0 Å². The first-order valence-corrected chi connectivity index (χ1v) is 3.78. The normalized spacial score (nSPS) is 53.4. The molecule has 50 valence electrons. The predicted octanol–water partition coefficient (Wildman–Crippen LogP) is 1.17. The summed E-state index contributed by atoms with van der Waals surface area (Å²) in [7, 11) is 0. The van der Waals surface area contributed by atoms with Crippen LogP contribution < -0.4 is 0 Å². The van der Waals surface area contributed by atoms with Gasteiger partial charge in [0, 0.05) is 5.92 Å². The molecule has 3 aliphatic rings. The molecule has 0 aromatic rings. The quantitative estimate of drug-likeness (QED) is 0.452. The predicted molar refractivity (Wildman–Crippen MR) is 37.2 cm³/mol. The van der Waals surface area contributed by atoms with E-state index >= 15 is 0 Å². The molecule has 4 atom stereocenters. The Hall–Kier alpha value is -0.850. The van der Waals surface area contributed by atoms with Crippen LogP contribution >= 0.6 is 0 Å². The molecule has 0 amide bonds. The molecular weight excluding hydrogens is 124 g/mol. The van der Waals surface area contributed by atoms with Gasteiger partial charge in [-0.3, -0.25) is 4.79 Å². The van der Waals surface area contributed by atoms with Crippen molar-refractivity contribution in [2.24, 2.45) is 23.7 Å². The maximum Gasteiger partial charge on any atom is 0.162 e. The van der Waals surface area contributed by atoms with E-state index < -0.39 is 0 Å². The van der Waals surface area contributed by atoms with E-state index in [1.54, 1.807) is 6.08 Å². The highest BCUT2D eigenvalue weighted by Gasteiger charge is 2.57. The Balaban J connectivity index is 2.13. The molecular formula is C9H8O. The van der Waals surface area contributed by atoms with Crippen LogP contribution in [0.25, 0.3) is 0 Å². The molecule has 1 fully saturated rings. The van der Waals surface area contributed by atoms with Gasteiger partial charge in [-0.05, 0) is 23.8 Å². The molecule has 0 saturated heterocycles. The molecule has 3 aliphatic carbocycles. The molecule has 0 heterocycles. The van der Waals surface area contributed by atoms with E-state index in [1.807, 2.05) is 0 Å². The smallest absolute Gasteiger partial charge is 0.162 e. The van der Waals surface area contributed by atoms with Crippen LogP contribution in [-0.4, -0.2) is 5.78 Å². The Bertz CT molecular complexity index is 262. The van der Waals surface area contributed by atoms with E-state index in [0.717, 1.165) is 11.8 Å². The minimum absolute atomic E-state index is 0.264. The highest BCUT2D eigenvalue weighted by Crippen LogP contribution is 2.59. The van der Waals surface area contributed by atoms with E-state index in [2.05, 4.69) is 18.2 Å². The summed E-state index contributed by atoms with van der Waals surface area (Å²) in [5.74, 6) is 2.72. The number of carbonyl (C=O) groups is 1. The lowest BCUT2D eigenvalue weighted by atomic mass is 9.94. The van der Waals surface area contributed by atoms with E-state index in [4.69, 9.17) is 0 Å². The Labute approximate surface area is 59.4 Å². The van der Waals surface area contributed by atoms with Crippen molar-refractivity contribution in [3.63, 3.8) is 0 Å². The number of carbonyl (C=O) groups excluding carboxylic acids is 1. The van der Waals surface area contributed by atoms with Gasteiger partial charge in [-0.2, -0.15) is 0 Å². The highest BCUT2D eigenvalue weighted by molar-refractivity contribution is 5.95. The fourth-order valence-electron chi connectivity index (χ4n) is 2.35. The average Bonchev–Trinajstić information content (AvgIpc) is 2.40. The van der Waals surface area contributed by atoms with Crippen molar-refractivity contribution < 1.29 is 4.79 Å². The lowest BCUT2D eigenvalue weighted by Crippen LogP contribution is -2.14. The number of ketones is 1. The van der Waals surface area contributed by atoms with Crippen molar-refractivity contribution in [2.45, 2.75) is 0 Å². The van der Waals surface area contributed by atoms with Gasteiger partial charge in [0.1, 0.15) is 0 Å². The van der Waals surface area contributed by atoms with Gasteiger partial charge < -0.3 is 0 Å². The molecule has 4 unspecified atom stereocenters. The Morgan fingerprint density at radius 1 is 1.10 bits per heavy atom. The molecule has 1 saturated carbocycles. The summed E-state index contributed by atoms with van der Waals surface area (Å²) in [5.41, 5.74) is 0. The molecule has 3 rings (SSSR count). The van der Waals surface area contributed by atoms with Crippen molar-refractivity contribution in [1.29, 1.82) is 0 Å². The zero-order valence-electron chi connectivity index (χ0n) is 5.53. The fourth-order valence-corrected chi connectivity index (χ4v) is 2.35. The number of rotatable bonds is 0. The summed E-state index contributed by atoms with van der Waals surface area (Å²) in [6, 6.07) is 0. The van der Waals surface area contributed by atoms with Gasteiger partial charge in [0.2, 0.25) is 0 Å². The topological polar surface area (TPSA) is 17.1 Å². The molecule has 0 aliphatic heterocycles. The van der Waals surface area contributed by atoms with Crippen molar-refractivity contribution in [1.82, 2.24) is 0 Å². The minimum Gasteiger partial charge on any atom is -0.294 e. The Morgan fingerprint density at radius 2 is 1.90 bits per heavy atom. The van der Waals surface area contributed by atoms with Crippen molar-refractivity contribution in [3.8, 4) is 0 Å². The number of fused-ring (bicyclic) bond motifs is 1. The maximum absolute atomic E-state index is 11.2. The SMILES string of the molecule is O=C1C=CC2C3C=CC1C23.